The van der Waals surface area contributed by atoms with Crippen LogP contribution in [0.4, 0.5) is 5.69 Å². The van der Waals surface area contributed by atoms with Crippen molar-refractivity contribution in [3.05, 3.63) is 66.7 Å². The van der Waals surface area contributed by atoms with Gasteiger partial charge in [-0.2, -0.15) is 4.57 Å². The molecule has 0 aliphatic rings. The molecule has 22 heavy (non-hydrogen) atoms. The number of hydrogen-bond acceptors (Lipinski definition) is 2. The number of thiocarbonyl (C=S) groups is 1. The predicted octanol–water partition coefficient (Wildman–Crippen LogP) is 4.19. The van der Waals surface area contributed by atoms with Gasteiger partial charge in [-0.3, -0.25) is 0 Å². The van der Waals surface area contributed by atoms with Crippen molar-refractivity contribution < 1.29 is 9.67 Å². The van der Waals surface area contributed by atoms with Gasteiger partial charge in [-0.05, 0) is 12.1 Å². The molecule has 2 N–H and O–H groups in total. The minimum atomic E-state index is -0.402. The van der Waals surface area contributed by atoms with Crippen LogP contribution in [-0.2, 0) is 0 Å². The average molecular weight is 313 g/mol. The number of aromatic nitrogens is 1. The monoisotopic (exact) mass is 313 g/mol. The van der Waals surface area contributed by atoms with E-state index in [1.807, 2.05) is 86.3 Å². The normalized spacial score (nSPS) is 12.5. The average Bonchev–Trinajstić information content (AvgIpc) is 2.48. The maximum atomic E-state index is 10.7. The van der Waals surface area contributed by atoms with E-state index in [0.29, 0.717) is 10.7 Å². The second-order valence-electron chi connectivity index (χ2n) is 6.05. The van der Waals surface area contributed by atoms with Crippen LogP contribution in [-0.4, -0.2) is 10.1 Å². The molecule has 0 fully saturated rings. The number of pyridine rings is 1. The lowest BCUT2D eigenvalue weighted by molar-refractivity contribution is -0.577. The summed E-state index contributed by atoms with van der Waals surface area (Å²) in [5.74, 6) is 0.247. The molecule has 0 saturated heterocycles. The van der Waals surface area contributed by atoms with Crippen LogP contribution in [0, 0.1) is 5.41 Å². The van der Waals surface area contributed by atoms with E-state index in [0.717, 1.165) is 5.69 Å². The van der Waals surface area contributed by atoms with Crippen molar-refractivity contribution >= 4 is 28.6 Å². The Morgan fingerprint density at radius 2 is 1.55 bits per heavy atom. The summed E-state index contributed by atoms with van der Waals surface area (Å²) in [6, 6.07) is 15.4. The van der Waals surface area contributed by atoms with Crippen molar-refractivity contribution in [1.82, 2.24) is 0 Å². The molecule has 0 amide bonds. The number of aliphatic hydroxyl groups excluding tert-OH is 1. The third-order valence-corrected chi connectivity index (χ3v) is 3.45. The Morgan fingerprint density at radius 1 is 1.00 bits per heavy atom. The van der Waals surface area contributed by atoms with E-state index >= 15 is 0 Å². The van der Waals surface area contributed by atoms with Gasteiger partial charge < -0.3 is 10.4 Å². The predicted molar refractivity (Wildman–Crippen MR) is 94.6 cm³/mol. The number of para-hydroxylation sites is 1. The third-order valence-electron chi connectivity index (χ3n) is 3.16. The smallest absolute Gasteiger partial charge is 0.283 e. The largest absolute Gasteiger partial charge is 0.505 e. The minimum absolute atomic E-state index is 0.247. The molecule has 2 rings (SSSR count). The first-order valence-corrected chi connectivity index (χ1v) is 7.57. The molecule has 0 spiro atoms. The lowest BCUT2D eigenvalue weighted by Gasteiger charge is -2.19. The summed E-state index contributed by atoms with van der Waals surface area (Å²) in [7, 11) is 0. The second-order valence-corrected chi connectivity index (χ2v) is 6.46. The van der Waals surface area contributed by atoms with Crippen molar-refractivity contribution in [3.8, 4) is 0 Å². The zero-order valence-corrected chi connectivity index (χ0v) is 13.9. The van der Waals surface area contributed by atoms with Gasteiger partial charge in [0.05, 0.1) is 0 Å². The zero-order valence-electron chi connectivity index (χ0n) is 13.1. The fourth-order valence-electron chi connectivity index (χ4n) is 1.96. The lowest BCUT2D eigenvalue weighted by atomic mass is 9.92. The highest BCUT2D eigenvalue weighted by Crippen LogP contribution is 2.26. The number of aliphatic hydroxyl groups is 1. The Labute approximate surface area is 136 Å². The molecule has 1 aromatic heterocycles. The molecule has 114 valence electrons. The summed E-state index contributed by atoms with van der Waals surface area (Å²) in [6.07, 6.45) is 3.74. The SMILES string of the molecule is CC(C)(C)/C(O)=C(/C(=S)Nc1ccccc1)[n+]1ccccc1. The van der Waals surface area contributed by atoms with E-state index in [4.69, 9.17) is 12.2 Å². The van der Waals surface area contributed by atoms with Gasteiger partial charge in [-0.1, -0.05) is 57.3 Å². The van der Waals surface area contributed by atoms with Crippen LogP contribution >= 0.6 is 12.2 Å². The molecular weight excluding hydrogens is 292 g/mol. The highest BCUT2D eigenvalue weighted by molar-refractivity contribution is 7.81. The third kappa shape index (κ3) is 3.92. The summed E-state index contributed by atoms with van der Waals surface area (Å²) in [5, 5.41) is 13.9. The highest BCUT2D eigenvalue weighted by Gasteiger charge is 2.30. The van der Waals surface area contributed by atoms with E-state index in [1.165, 1.54) is 0 Å². The molecule has 1 heterocycles. The van der Waals surface area contributed by atoms with Gasteiger partial charge in [-0.15, -0.1) is 0 Å². The fourth-order valence-corrected chi connectivity index (χ4v) is 2.28. The fraction of sp³-hybridized carbons (Fsp3) is 0.222. The number of hydrogen-bond donors (Lipinski definition) is 2. The van der Waals surface area contributed by atoms with Crippen molar-refractivity contribution in [2.24, 2.45) is 5.41 Å². The molecule has 0 unspecified atom stereocenters. The minimum Gasteiger partial charge on any atom is -0.505 e. The molecule has 0 aliphatic carbocycles. The van der Waals surface area contributed by atoms with Crippen molar-refractivity contribution in [2.75, 3.05) is 5.32 Å². The summed E-state index contributed by atoms with van der Waals surface area (Å²) >= 11 is 5.53. The van der Waals surface area contributed by atoms with Gasteiger partial charge >= 0.3 is 0 Å². The van der Waals surface area contributed by atoms with Gasteiger partial charge in [0.2, 0.25) is 0 Å². The van der Waals surface area contributed by atoms with Gasteiger partial charge in [0.25, 0.3) is 5.70 Å². The van der Waals surface area contributed by atoms with Crippen LogP contribution < -0.4 is 9.88 Å². The maximum Gasteiger partial charge on any atom is 0.283 e. The summed E-state index contributed by atoms with van der Waals surface area (Å²) < 4.78 is 1.83. The number of nitrogens with zero attached hydrogens (tertiary/aromatic N) is 1. The molecule has 3 nitrogen and oxygen atoms in total. The molecule has 1 aromatic carbocycles. The van der Waals surface area contributed by atoms with Crippen molar-refractivity contribution in [3.63, 3.8) is 0 Å². The van der Waals surface area contributed by atoms with Crippen LogP contribution in [0.1, 0.15) is 20.8 Å². The van der Waals surface area contributed by atoms with Crippen molar-refractivity contribution in [2.45, 2.75) is 20.8 Å². The molecule has 2 aromatic rings. The first-order chi connectivity index (χ1) is 10.4. The molecule has 0 atom stereocenters. The summed E-state index contributed by atoms with van der Waals surface area (Å²) in [5.41, 5.74) is 1.08. The number of rotatable bonds is 3. The van der Waals surface area contributed by atoms with E-state index < -0.39 is 5.41 Å². The van der Waals surface area contributed by atoms with Gasteiger partial charge in [-0.25, -0.2) is 0 Å². The maximum absolute atomic E-state index is 10.7. The van der Waals surface area contributed by atoms with Crippen molar-refractivity contribution in [1.29, 1.82) is 0 Å². The molecule has 0 bridgehead atoms. The van der Waals surface area contributed by atoms with E-state index in [2.05, 4.69) is 5.32 Å². The summed E-state index contributed by atoms with van der Waals surface area (Å²) in [4.78, 5) is 0.481. The van der Waals surface area contributed by atoms with Gasteiger partial charge in [0.1, 0.15) is 0 Å². The van der Waals surface area contributed by atoms with E-state index in [9.17, 15) is 5.11 Å². The zero-order chi connectivity index (χ0) is 16.2. The number of benzene rings is 1. The van der Waals surface area contributed by atoms with Gasteiger partial charge in [0, 0.05) is 23.2 Å². The first kappa shape index (κ1) is 16.2. The first-order valence-electron chi connectivity index (χ1n) is 7.16. The Bertz CT molecular complexity index is 673. The Hall–Kier alpha value is -2.20. The number of nitrogens with one attached hydrogen (secondary N) is 1. The number of allylic oxidation sites excluding steroid dienone is 1. The topological polar surface area (TPSA) is 36.1 Å². The molecule has 0 saturated carbocycles. The molecule has 0 aliphatic heterocycles. The highest BCUT2D eigenvalue weighted by atomic mass is 32.1. The molecule has 0 radical (unpaired) electrons. The van der Waals surface area contributed by atoms with E-state index in [1.54, 1.807) is 0 Å². The second kappa shape index (κ2) is 6.71. The van der Waals surface area contributed by atoms with E-state index in [-0.39, 0.29) is 5.76 Å². The Morgan fingerprint density at radius 3 is 2.09 bits per heavy atom. The quantitative estimate of drug-likeness (QED) is 0.386. The Balaban J connectivity index is 2.44. The molecular formula is C18H21N2OS+. The standard InChI is InChI=1S/C18H20N2OS/c1-18(2,3)16(21)15(20-12-8-5-9-13-20)17(22)19-14-10-6-4-7-11-14/h4-13H,1-3H3,(H-,19,21,22)/p+1. The van der Waals surface area contributed by atoms with Crippen LogP contribution in [0.2, 0.25) is 0 Å². The lowest BCUT2D eigenvalue weighted by Crippen LogP contribution is -2.40. The van der Waals surface area contributed by atoms with Crippen LogP contribution in [0.25, 0.3) is 5.70 Å². The summed E-state index contributed by atoms with van der Waals surface area (Å²) in [6.45, 7) is 5.87. The van der Waals surface area contributed by atoms with Crippen LogP contribution in [0.5, 0.6) is 0 Å². The number of anilines is 1. The molecule has 4 heteroatoms. The Kier molecular flexibility index (Phi) is 4.93. The van der Waals surface area contributed by atoms with Crippen LogP contribution in [0.3, 0.4) is 0 Å². The van der Waals surface area contributed by atoms with Crippen LogP contribution in [0.15, 0.2) is 66.7 Å². The van der Waals surface area contributed by atoms with Gasteiger partial charge in [0.15, 0.2) is 23.1 Å².